The third kappa shape index (κ3) is 1.07. The van der Waals surface area contributed by atoms with Crippen LogP contribution in [0.4, 0.5) is 8.78 Å². The lowest BCUT2D eigenvalue weighted by Crippen LogP contribution is -1.90. The summed E-state index contributed by atoms with van der Waals surface area (Å²) < 4.78 is 27.2. The molecule has 1 nitrogen and oxygen atoms in total. The fourth-order valence-electron chi connectivity index (χ4n) is 1.28. The molecule has 0 bridgehead atoms. The first-order valence-electron chi connectivity index (χ1n) is 3.64. The van der Waals surface area contributed by atoms with E-state index in [4.69, 9.17) is 6.42 Å². The smallest absolute Gasteiger partial charge is 0.151 e. The molecule has 2 heterocycles. The molecule has 64 valence electrons. The van der Waals surface area contributed by atoms with Gasteiger partial charge in [-0.1, -0.05) is 5.92 Å². The van der Waals surface area contributed by atoms with Crippen LogP contribution in [-0.2, 0) is 0 Å². The minimum absolute atomic E-state index is 0.240. The largest absolute Gasteiger partial charge is 0.317 e. The summed E-state index contributed by atoms with van der Waals surface area (Å²) >= 11 is 0. The zero-order valence-corrected chi connectivity index (χ0v) is 6.59. The van der Waals surface area contributed by atoms with Crippen molar-refractivity contribution in [2.75, 3.05) is 0 Å². The van der Waals surface area contributed by atoms with Crippen molar-refractivity contribution in [1.82, 2.24) is 4.40 Å². The van der Waals surface area contributed by atoms with E-state index in [1.807, 2.05) is 0 Å². The predicted molar refractivity (Wildman–Crippen MR) is 45.2 cm³/mol. The van der Waals surface area contributed by atoms with E-state index in [1.165, 1.54) is 16.8 Å². The number of terminal acetylenes is 1. The highest BCUT2D eigenvalue weighted by atomic mass is 19.1. The Balaban J connectivity index is 2.92. The molecule has 0 aliphatic carbocycles. The maximum Gasteiger partial charge on any atom is 0.151 e. The predicted octanol–water partition coefficient (Wildman–Crippen LogP) is 2.20. The van der Waals surface area contributed by atoms with Gasteiger partial charge in [0.15, 0.2) is 5.82 Å². The van der Waals surface area contributed by atoms with Crippen molar-refractivity contribution in [1.29, 1.82) is 0 Å². The Bertz CT molecular complexity index is 505. The average Bonchev–Trinajstić information content (AvgIpc) is 2.47. The lowest BCUT2D eigenvalue weighted by atomic mass is 10.2. The van der Waals surface area contributed by atoms with Gasteiger partial charge in [-0.15, -0.1) is 6.42 Å². The van der Waals surface area contributed by atoms with Crippen LogP contribution in [0.15, 0.2) is 24.5 Å². The van der Waals surface area contributed by atoms with E-state index in [1.54, 1.807) is 6.07 Å². The quantitative estimate of drug-likeness (QED) is 0.543. The lowest BCUT2D eigenvalue weighted by molar-refractivity contribution is 0.578. The van der Waals surface area contributed by atoms with Crippen molar-refractivity contribution in [3.63, 3.8) is 0 Å². The molecule has 0 atom stereocenters. The van der Waals surface area contributed by atoms with Gasteiger partial charge < -0.3 is 4.40 Å². The van der Waals surface area contributed by atoms with Crippen LogP contribution in [0.1, 0.15) is 5.56 Å². The molecule has 0 aromatic carbocycles. The van der Waals surface area contributed by atoms with E-state index >= 15 is 0 Å². The van der Waals surface area contributed by atoms with Crippen molar-refractivity contribution < 1.29 is 8.78 Å². The van der Waals surface area contributed by atoms with Crippen molar-refractivity contribution in [3.8, 4) is 12.3 Å². The number of pyridine rings is 1. The average molecular weight is 177 g/mol. The topological polar surface area (TPSA) is 4.41 Å². The normalized spacial score (nSPS) is 10.2. The van der Waals surface area contributed by atoms with Crippen LogP contribution in [0.2, 0.25) is 0 Å². The summed E-state index contributed by atoms with van der Waals surface area (Å²) in [4.78, 5) is 0. The summed E-state index contributed by atoms with van der Waals surface area (Å²) in [6.45, 7) is 0. The third-order valence-electron chi connectivity index (χ3n) is 1.82. The van der Waals surface area contributed by atoms with E-state index in [0.717, 1.165) is 6.07 Å². The third-order valence-corrected chi connectivity index (χ3v) is 1.82. The maximum atomic E-state index is 13.2. The van der Waals surface area contributed by atoms with Crippen molar-refractivity contribution >= 4 is 5.52 Å². The number of hydrogen-bond donors (Lipinski definition) is 0. The molecule has 0 saturated heterocycles. The highest BCUT2D eigenvalue weighted by Gasteiger charge is 2.07. The molecule has 0 unspecified atom stereocenters. The SMILES string of the molecule is C#Cc1ccn2cc(F)cc(F)c12. The van der Waals surface area contributed by atoms with Gasteiger partial charge in [0.1, 0.15) is 5.82 Å². The van der Waals surface area contributed by atoms with Gasteiger partial charge in [-0.25, -0.2) is 8.78 Å². The fraction of sp³-hybridized carbons (Fsp3) is 0. The summed E-state index contributed by atoms with van der Waals surface area (Å²) in [7, 11) is 0. The van der Waals surface area contributed by atoms with Crippen LogP contribution < -0.4 is 0 Å². The van der Waals surface area contributed by atoms with E-state index in [9.17, 15) is 8.78 Å². The Labute approximate surface area is 73.6 Å². The number of fused-ring (bicyclic) bond motifs is 1. The van der Waals surface area contributed by atoms with Gasteiger partial charge in [0.2, 0.25) is 0 Å². The Morgan fingerprint density at radius 3 is 2.85 bits per heavy atom. The van der Waals surface area contributed by atoms with E-state index in [2.05, 4.69) is 5.92 Å². The number of hydrogen-bond acceptors (Lipinski definition) is 0. The summed E-state index contributed by atoms with van der Waals surface area (Å²) in [5.41, 5.74) is 0.668. The van der Waals surface area contributed by atoms with Gasteiger partial charge in [-0.05, 0) is 6.07 Å². The van der Waals surface area contributed by atoms with Gasteiger partial charge in [0.25, 0.3) is 0 Å². The Kier molecular flexibility index (Phi) is 1.56. The van der Waals surface area contributed by atoms with Crippen LogP contribution in [-0.4, -0.2) is 4.40 Å². The summed E-state index contributed by atoms with van der Waals surface area (Å²) in [5.74, 6) is 1.07. The fourth-order valence-corrected chi connectivity index (χ4v) is 1.28. The number of aromatic nitrogens is 1. The molecular weight excluding hydrogens is 172 g/mol. The van der Waals surface area contributed by atoms with Crippen molar-refractivity contribution in [2.45, 2.75) is 0 Å². The first-order valence-corrected chi connectivity index (χ1v) is 3.64. The number of rotatable bonds is 0. The highest BCUT2D eigenvalue weighted by Crippen LogP contribution is 2.16. The molecular formula is C10H5F2N. The maximum absolute atomic E-state index is 13.2. The van der Waals surface area contributed by atoms with Crippen LogP contribution >= 0.6 is 0 Å². The molecule has 2 aromatic rings. The van der Waals surface area contributed by atoms with Crippen molar-refractivity contribution in [2.24, 2.45) is 0 Å². The molecule has 2 rings (SSSR count). The Hall–Kier alpha value is -1.82. The minimum Gasteiger partial charge on any atom is -0.317 e. The summed E-state index contributed by atoms with van der Waals surface area (Å²) in [5, 5.41) is 0. The minimum atomic E-state index is -0.641. The second kappa shape index (κ2) is 2.60. The zero-order chi connectivity index (χ0) is 9.42. The van der Waals surface area contributed by atoms with E-state index in [-0.39, 0.29) is 5.52 Å². The molecule has 0 aliphatic heterocycles. The monoisotopic (exact) mass is 177 g/mol. The number of halogens is 2. The van der Waals surface area contributed by atoms with Gasteiger partial charge in [0.05, 0.1) is 11.1 Å². The lowest BCUT2D eigenvalue weighted by Gasteiger charge is -1.97. The molecule has 3 heteroatoms. The molecule has 13 heavy (non-hydrogen) atoms. The summed E-state index contributed by atoms with van der Waals surface area (Å²) in [6.07, 6.45) is 7.85. The van der Waals surface area contributed by atoms with Crippen LogP contribution in [0.5, 0.6) is 0 Å². The van der Waals surface area contributed by atoms with Gasteiger partial charge in [0, 0.05) is 18.5 Å². The molecule has 0 amide bonds. The molecule has 0 N–H and O–H groups in total. The van der Waals surface area contributed by atoms with Gasteiger partial charge in [-0.2, -0.15) is 0 Å². The molecule has 0 spiro atoms. The highest BCUT2D eigenvalue weighted by molar-refractivity contribution is 5.63. The first kappa shape index (κ1) is 7.81. The van der Waals surface area contributed by atoms with Crippen LogP contribution in [0, 0.1) is 24.0 Å². The number of nitrogens with zero attached hydrogens (tertiary/aromatic N) is 1. The molecule has 2 aromatic heterocycles. The van der Waals surface area contributed by atoms with E-state index < -0.39 is 11.6 Å². The second-order valence-corrected chi connectivity index (χ2v) is 2.64. The Morgan fingerprint density at radius 1 is 1.38 bits per heavy atom. The first-order chi connectivity index (χ1) is 6.22. The second-order valence-electron chi connectivity index (χ2n) is 2.64. The molecule has 0 aliphatic rings. The standard InChI is InChI=1S/C10H5F2N/c1-2-7-3-4-13-6-8(11)5-9(12)10(7)13/h1,3-6H. The van der Waals surface area contributed by atoms with Crippen molar-refractivity contribution in [3.05, 3.63) is 41.7 Å². The van der Waals surface area contributed by atoms with Gasteiger partial charge in [-0.3, -0.25) is 0 Å². The molecule has 0 radical (unpaired) electrons. The Morgan fingerprint density at radius 2 is 2.15 bits per heavy atom. The van der Waals surface area contributed by atoms with Crippen LogP contribution in [0.3, 0.4) is 0 Å². The summed E-state index contributed by atoms with van der Waals surface area (Å²) in [6, 6.07) is 2.38. The van der Waals surface area contributed by atoms with E-state index in [0.29, 0.717) is 5.56 Å². The molecule has 0 saturated carbocycles. The van der Waals surface area contributed by atoms with Gasteiger partial charge >= 0.3 is 0 Å². The zero-order valence-electron chi connectivity index (χ0n) is 6.59. The molecule has 0 fully saturated rings. The van der Waals surface area contributed by atoms with Crippen LogP contribution in [0.25, 0.3) is 5.52 Å².